The first kappa shape index (κ1) is 13.5. The molecule has 0 unspecified atom stereocenters. The Morgan fingerprint density at radius 1 is 1.17 bits per heavy atom. The fourth-order valence-corrected chi connectivity index (χ4v) is 2.14. The van der Waals surface area contributed by atoms with E-state index in [-0.39, 0.29) is 23.9 Å². The SMILES string of the molecule is Cl.FC(F)(F)c1nc(C2CC2)nc2c1CCNC2. The highest BCUT2D eigenvalue weighted by molar-refractivity contribution is 5.85. The van der Waals surface area contributed by atoms with Gasteiger partial charge in [-0.25, -0.2) is 9.97 Å². The van der Waals surface area contributed by atoms with E-state index in [0.29, 0.717) is 31.0 Å². The van der Waals surface area contributed by atoms with Crippen LogP contribution in [0.1, 0.15) is 41.5 Å². The number of hydrogen-bond donors (Lipinski definition) is 1. The van der Waals surface area contributed by atoms with E-state index in [9.17, 15) is 13.2 Å². The molecule has 3 nitrogen and oxygen atoms in total. The van der Waals surface area contributed by atoms with Gasteiger partial charge in [-0.05, 0) is 25.8 Å². The van der Waals surface area contributed by atoms with Crippen molar-refractivity contribution in [3.05, 3.63) is 22.8 Å². The number of rotatable bonds is 1. The standard InChI is InChI=1S/C11H12F3N3.ClH/c12-11(13,14)9-7-3-4-15-5-8(7)16-10(17-9)6-1-2-6;/h6,15H,1-5H2;1H. The Morgan fingerprint density at radius 3 is 2.50 bits per heavy atom. The average molecular weight is 280 g/mol. The van der Waals surface area contributed by atoms with Crippen LogP contribution in [0.3, 0.4) is 0 Å². The lowest BCUT2D eigenvalue weighted by Gasteiger charge is -2.21. The van der Waals surface area contributed by atoms with Gasteiger partial charge in [0.05, 0.1) is 5.69 Å². The van der Waals surface area contributed by atoms with Crippen molar-refractivity contribution in [2.45, 2.75) is 37.9 Å². The molecule has 0 aromatic carbocycles. The average Bonchev–Trinajstić information content (AvgIpc) is 3.10. The van der Waals surface area contributed by atoms with E-state index < -0.39 is 11.9 Å². The van der Waals surface area contributed by atoms with Gasteiger partial charge in [-0.2, -0.15) is 13.2 Å². The Labute approximate surface area is 109 Å². The van der Waals surface area contributed by atoms with E-state index in [4.69, 9.17) is 0 Å². The van der Waals surface area contributed by atoms with Crippen molar-refractivity contribution >= 4 is 12.4 Å². The molecule has 0 amide bonds. The maximum absolute atomic E-state index is 12.9. The van der Waals surface area contributed by atoms with E-state index in [1.165, 1.54) is 0 Å². The van der Waals surface area contributed by atoms with Crippen LogP contribution in [-0.4, -0.2) is 16.5 Å². The maximum Gasteiger partial charge on any atom is 0.433 e. The highest BCUT2D eigenvalue weighted by Crippen LogP contribution is 2.40. The summed E-state index contributed by atoms with van der Waals surface area (Å²) in [5.41, 5.74) is 0.0898. The van der Waals surface area contributed by atoms with Crippen LogP contribution in [0.2, 0.25) is 0 Å². The molecule has 1 aromatic rings. The molecule has 1 N–H and O–H groups in total. The number of halogens is 4. The largest absolute Gasteiger partial charge is 0.433 e. The summed E-state index contributed by atoms with van der Waals surface area (Å²) in [6.45, 7) is 0.975. The van der Waals surface area contributed by atoms with Crippen molar-refractivity contribution in [2.24, 2.45) is 0 Å². The summed E-state index contributed by atoms with van der Waals surface area (Å²) in [4.78, 5) is 8.03. The van der Waals surface area contributed by atoms with Gasteiger partial charge in [0, 0.05) is 18.0 Å². The topological polar surface area (TPSA) is 37.8 Å². The van der Waals surface area contributed by atoms with Crippen LogP contribution in [0.5, 0.6) is 0 Å². The molecule has 1 aliphatic carbocycles. The van der Waals surface area contributed by atoms with Gasteiger partial charge in [0.2, 0.25) is 0 Å². The first-order valence-corrected chi connectivity index (χ1v) is 5.73. The fraction of sp³-hybridized carbons (Fsp3) is 0.636. The second-order valence-corrected chi connectivity index (χ2v) is 4.55. The number of nitrogens with one attached hydrogen (secondary N) is 1. The lowest BCUT2D eigenvalue weighted by atomic mass is 10.0. The number of fused-ring (bicyclic) bond motifs is 1. The highest BCUT2D eigenvalue weighted by atomic mass is 35.5. The summed E-state index contributed by atoms with van der Waals surface area (Å²) in [6.07, 6.45) is -2.20. The predicted molar refractivity (Wildman–Crippen MR) is 61.7 cm³/mol. The van der Waals surface area contributed by atoms with Gasteiger partial charge in [0.25, 0.3) is 0 Å². The normalized spacial score (nSPS) is 19.1. The van der Waals surface area contributed by atoms with Crippen molar-refractivity contribution in [3.63, 3.8) is 0 Å². The van der Waals surface area contributed by atoms with Crippen molar-refractivity contribution in [1.29, 1.82) is 0 Å². The molecule has 0 radical (unpaired) electrons. The maximum atomic E-state index is 12.9. The second kappa shape index (κ2) is 4.66. The van der Waals surface area contributed by atoms with Gasteiger partial charge in [-0.15, -0.1) is 12.4 Å². The smallest absolute Gasteiger partial charge is 0.311 e. The molecule has 0 spiro atoms. The minimum Gasteiger partial charge on any atom is -0.311 e. The zero-order valence-electron chi connectivity index (χ0n) is 9.55. The number of nitrogens with zero attached hydrogens (tertiary/aromatic N) is 2. The second-order valence-electron chi connectivity index (χ2n) is 4.55. The molecule has 2 heterocycles. The molecule has 0 saturated heterocycles. The molecule has 100 valence electrons. The van der Waals surface area contributed by atoms with E-state index in [2.05, 4.69) is 15.3 Å². The predicted octanol–water partition coefficient (Wildman–Crippen LogP) is 2.44. The van der Waals surface area contributed by atoms with Crippen molar-refractivity contribution in [3.8, 4) is 0 Å². The molecular weight excluding hydrogens is 267 g/mol. The van der Waals surface area contributed by atoms with Crippen LogP contribution >= 0.6 is 12.4 Å². The monoisotopic (exact) mass is 279 g/mol. The summed E-state index contributed by atoms with van der Waals surface area (Å²) < 4.78 is 38.8. The molecule has 1 aromatic heterocycles. The Bertz CT molecular complexity index is 458. The lowest BCUT2D eigenvalue weighted by molar-refractivity contribution is -0.142. The van der Waals surface area contributed by atoms with Gasteiger partial charge in [-0.3, -0.25) is 0 Å². The minimum absolute atomic E-state index is 0. The van der Waals surface area contributed by atoms with Crippen LogP contribution in [0.25, 0.3) is 0 Å². The molecule has 18 heavy (non-hydrogen) atoms. The van der Waals surface area contributed by atoms with Gasteiger partial charge >= 0.3 is 6.18 Å². The van der Waals surface area contributed by atoms with Gasteiger partial charge < -0.3 is 5.32 Å². The van der Waals surface area contributed by atoms with Crippen molar-refractivity contribution in [1.82, 2.24) is 15.3 Å². The summed E-state index contributed by atoms with van der Waals surface area (Å²) in [5, 5.41) is 3.05. The van der Waals surface area contributed by atoms with E-state index in [0.717, 1.165) is 12.8 Å². The van der Waals surface area contributed by atoms with Crippen LogP contribution in [0, 0.1) is 0 Å². The third-order valence-corrected chi connectivity index (χ3v) is 3.17. The van der Waals surface area contributed by atoms with Gasteiger partial charge in [0.1, 0.15) is 5.82 Å². The zero-order valence-corrected chi connectivity index (χ0v) is 10.4. The summed E-state index contributed by atoms with van der Waals surface area (Å²) >= 11 is 0. The zero-order chi connectivity index (χ0) is 12.0. The van der Waals surface area contributed by atoms with Gasteiger partial charge in [-0.1, -0.05) is 0 Å². The molecule has 0 bridgehead atoms. The summed E-state index contributed by atoms with van der Waals surface area (Å²) in [6, 6.07) is 0. The third kappa shape index (κ3) is 2.44. The number of alkyl halides is 3. The van der Waals surface area contributed by atoms with Crippen LogP contribution in [0.4, 0.5) is 13.2 Å². The molecule has 1 saturated carbocycles. The van der Waals surface area contributed by atoms with Crippen molar-refractivity contribution < 1.29 is 13.2 Å². The van der Waals surface area contributed by atoms with Gasteiger partial charge in [0.15, 0.2) is 5.69 Å². The number of hydrogen-bond acceptors (Lipinski definition) is 3. The Kier molecular flexibility index (Phi) is 3.51. The molecule has 1 fully saturated rings. The molecule has 7 heteroatoms. The highest BCUT2D eigenvalue weighted by Gasteiger charge is 2.39. The molecule has 0 atom stereocenters. The van der Waals surface area contributed by atoms with Crippen LogP contribution in [0.15, 0.2) is 0 Å². The Hall–Kier alpha value is -0.880. The Morgan fingerprint density at radius 2 is 1.89 bits per heavy atom. The molecule has 1 aliphatic heterocycles. The number of aromatic nitrogens is 2. The quantitative estimate of drug-likeness (QED) is 0.858. The van der Waals surface area contributed by atoms with E-state index >= 15 is 0 Å². The molecular formula is C11H13ClF3N3. The summed E-state index contributed by atoms with van der Waals surface area (Å²) in [7, 11) is 0. The first-order chi connectivity index (χ1) is 8.05. The molecule has 3 rings (SSSR count). The first-order valence-electron chi connectivity index (χ1n) is 5.73. The lowest BCUT2D eigenvalue weighted by Crippen LogP contribution is -2.29. The van der Waals surface area contributed by atoms with Crippen LogP contribution in [-0.2, 0) is 19.1 Å². The Balaban J connectivity index is 0.00000120. The third-order valence-electron chi connectivity index (χ3n) is 3.17. The van der Waals surface area contributed by atoms with E-state index in [1.807, 2.05) is 0 Å². The van der Waals surface area contributed by atoms with E-state index in [1.54, 1.807) is 0 Å². The fourth-order valence-electron chi connectivity index (χ4n) is 2.14. The minimum atomic E-state index is -4.37. The van der Waals surface area contributed by atoms with Crippen molar-refractivity contribution in [2.75, 3.05) is 6.54 Å². The molecule has 2 aliphatic rings. The van der Waals surface area contributed by atoms with Crippen LogP contribution < -0.4 is 5.32 Å². The summed E-state index contributed by atoms with van der Waals surface area (Å²) in [5.74, 6) is 0.517.